The van der Waals surface area contributed by atoms with Gasteiger partial charge in [0.15, 0.2) is 0 Å². The van der Waals surface area contributed by atoms with Gasteiger partial charge in [0.25, 0.3) is 5.56 Å². The summed E-state index contributed by atoms with van der Waals surface area (Å²) in [5, 5.41) is 0. The van der Waals surface area contributed by atoms with Gasteiger partial charge in [-0.05, 0) is 51.8 Å². The van der Waals surface area contributed by atoms with Crippen LogP contribution in [0.15, 0.2) is 41.2 Å². The molecule has 1 aromatic heterocycles. The zero-order valence-electron chi connectivity index (χ0n) is 14.2. The van der Waals surface area contributed by atoms with Crippen molar-refractivity contribution < 1.29 is 0 Å². The molecule has 0 amide bonds. The molecule has 0 aliphatic heterocycles. The Morgan fingerprint density at radius 2 is 1.73 bits per heavy atom. The minimum atomic E-state index is -0.641. The summed E-state index contributed by atoms with van der Waals surface area (Å²) in [7, 11) is 0. The number of hydrogen-bond donors (Lipinski definition) is 1. The van der Waals surface area contributed by atoms with Crippen LogP contribution >= 0.6 is 0 Å². The van der Waals surface area contributed by atoms with Crippen LogP contribution in [0, 0.1) is 6.92 Å². The molecule has 22 heavy (non-hydrogen) atoms. The first-order valence-electron chi connectivity index (χ1n) is 7.87. The molecule has 3 nitrogen and oxygen atoms in total. The molecule has 1 heterocycles. The number of rotatable bonds is 4. The van der Waals surface area contributed by atoms with Crippen LogP contribution in [0.25, 0.3) is 11.3 Å². The Kier molecular flexibility index (Phi) is 4.57. The zero-order valence-corrected chi connectivity index (χ0v) is 14.2. The molecule has 0 saturated heterocycles. The van der Waals surface area contributed by atoms with E-state index in [4.69, 9.17) is 5.73 Å². The number of aryl methyl sites for hydroxylation is 1. The number of aromatic nitrogens is 1. The lowest BCUT2D eigenvalue weighted by molar-refractivity contribution is 0.490. The Hall–Kier alpha value is -1.87. The molecule has 0 spiro atoms. The van der Waals surface area contributed by atoms with Crippen LogP contribution in [-0.4, -0.2) is 4.57 Å². The van der Waals surface area contributed by atoms with Crippen LogP contribution in [0.3, 0.4) is 0 Å². The van der Waals surface area contributed by atoms with E-state index in [-0.39, 0.29) is 11.6 Å². The van der Waals surface area contributed by atoms with Gasteiger partial charge in [0, 0.05) is 17.1 Å². The Morgan fingerprint density at radius 1 is 1.14 bits per heavy atom. The molecule has 2 rings (SSSR count). The van der Waals surface area contributed by atoms with E-state index in [9.17, 15) is 4.79 Å². The van der Waals surface area contributed by atoms with Crippen molar-refractivity contribution in [2.75, 3.05) is 0 Å². The average molecular weight is 298 g/mol. The lowest BCUT2D eigenvalue weighted by Crippen LogP contribution is -2.39. The Morgan fingerprint density at radius 3 is 2.23 bits per heavy atom. The molecule has 0 aliphatic rings. The number of pyridine rings is 1. The van der Waals surface area contributed by atoms with Crippen LogP contribution in [0.1, 0.15) is 51.3 Å². The summed E-state index contributed by atoms with van der Waals surface area (Å²) in [6.45, 7) is 9.97. The molecule has 0 fully saturated rings. The van der Waals surface area contributed by atoms with Crippen LogP contribution in [0.5, 0.6) is 0 Å². The molecule has 1 aromatic carbocycles. The van der Waals surface area contributed by atoms with Gasteiger partial charge in [-0.3, -0.25) is 4.79 Å². The summed E-state index contributed by atoms with van der Waals surface area (Å²) in [5.41, 5.74) is 9.41. The van der Waals surface area contributed by atoms with E-state index < -0.39 is 5.54 Å². The Bertz CT molecular complexity index is 706. The first-order valence-corrected chi connectivity index (χ1v) is 7.87. The molecule has 1 atom stereocenters. The number of hydrogen-bond acceptors (Lipinski definition) is 2. The summed E-state index contributed by atoms with van der Waals surface area (Å²) in [6, 6.07) is 12.3. The number of nitrogens with two attached hydrogens (primary N) is 1. The molecule has 0 saturated carbocycles. The molecule has 2 aromatic rings. The van der Waals surface area contributed by atoms with Crippen LogP contribution in [0.2, 0.25) is 0 Å². The SMILES string of the molecule is CCC(C)n1c(-c2ccc(C)cc2)ccc(C(C)(C)N)c1=O. The van der Waals surface area contributed by atoms with Gasteiger partial charge < -0.3 is 10.3 Å². The maximum absolute atomic E-state index is 13.0. The highest BCUT2D eigenvalue weighted by Crippen LogP contribution is 2.25. The molecular formula is C19H26N2O. The summed E-state index contributed by atoms with van der Waals surface area (Å²) < 4.78 is 1.88. The highest BCUT2D eigenvalue weighted by atomic mass is 16.1. The maximum atomic E-state index is 13.0. The standard InChI is InChI=1S/C19H26N2O/c1-6-14(3)21-17(15-9-7-13(2)8-10-15)12-11-16(18(21)22)19(4,5)20/h7-12,14H,6,20H2,1-5H3. The normalized spacial score (nSPS) is 13.2. The number of benzene rings is 1. The van der Waals surface area contributed by atoms with Gasteiger partial charge in [0.1, 0.15) is 0 Å². The van der Waals surface area contributed by atoms with E-state index in [0.717, 1.165) is 17.7 Å². The molecule has 118 valence electrons. The van der Waals surface area contributed by atoms with Crippen molar-refractivity contribution in [3.8, 4) is 11.3 Å². The van der Waals surface area contributed by atoms with Crippen LogP contribution in [-0.2, 0) is 5.54 Å². The van der Waals surface area contributed by atoms with Gasteiger partial charge in [-0.2, -0.15) is 0 Å². The van der Waals surface area contributed by atoms with E-state index >= 15 is 0 Å². The molecule has 0 aliphatic carbocycles. The predicted molar refractivity (Wildman–Crippen MR) is 93.1 cm³/mol. The first-order chi connectivity index (χ1) is 10.3. The quantitative estimate of drug-likeness (QED) is 0.927. The lowest BCUT2D eigenvalue weighted by atomic mass is 9.95. The smallest absolute Gasteiger partial charge is 0.256 e. The van der Waals surface area contributed by atoms with Gasteiger partial charge >= 0.3 is 0 Å². The first kappa shape index (κ1) is 16.5. The van der Waals surface area contributed by atoms with Crippen molar-refractivity contribution in [2.24, 2.45) is 5.73 Å². The summed E-state index contributed by atoms with van der Waals surface area (Å²) in [5.74, 6) is 0. The average Bonchev–Trinajstić information content (AvgIpc) is 2.45. The molecule has 1 unspecified atom stereocenters. The zero-order chi connectivity index (χ0) is 16.5. The Labute approximate surface area is 132 Å². The minimum Gasteiger partial charge on any atom is -0.322 e. The lowest BCUT2D eigenvalue weighted by Gasteiger charge is -2.24. The van der Waals surface area contributed by atoms with Gasteiger partial charge in [-0.15, -0.1) is 0 Å². The minimum absolute atomic E-state index is 0.0138. The third kappa shape index (κ3) is 3.14. The second-order valence-electron chi connectivity index (χ2n) is 6.65. The van der Waals surface area contributed by atoms with E-state index in [1.807, 2.05) is 30.5 Å². The third-order valence-corrected chi connectivity index (χ3v) is 4.19. The highest BCUT2D eigenvalue weighted by molar-refractivity contribution is 5.60. The summed E-state index contributed by atoms with van der Waals surface area (Å²) in [4.78, 5) is 13.0. The van der Waals surface area contributed by atoms with Crippen molar-refractivity contribution in [3.63, 3.8) is 0 Å². The second kappa shape index (κ2) is 6.09. The summed E-state index contributed by atoms with van der Waals surface area (Å²) in [6.07, 6.45) is 0.896. The van der Waals surface area contributed by atoms with Crippen molar-refractivity contribution in [1.82, 2.24) is 4.57 Å². The fourth-order valence-corrected chi connectivity index (χ4v) is 2.62. The van der Waals surface area contributed by atoms with Crippen molar-refractivity contribution in [3.05, 3.63) is 57.9 Å². The Balaban J connectivity index is 2.72. The van der Waals surface area contributed by atoms with Crippen molar-refractivity contribution in [2.45, 2.75) is 52.6 Å². The van der Waals surface area contributed by atoms with E-state index in [1.54, 1.807) is 0 Å². The molecule has 0 bridgehead atoms. The van der Waals surface area contributed by atoms with E-state index in [1.165, 1.54) is 5.56 Å². The predicted octanol–water partition coefficient (Wildman–Crippen LogP) is 3.99. The topological polar surface area (TPSA) is 48.0 Å². The van der Waals surface area contributed by atoms with E-state index in [2.05, 4.69) is 45.0 Å². The third-order valence-electron chi connectivity index (χ3n) is 4.19. The fourth-order valence-electron chi connectivity index (χ4n) is 2.62. The largest absolute Gasteiger partial charge is 0.322 e. The molecule has 2 N–H and O–H groups in total. The summed E-state index contributed by atoms with van der Waals surface area (Å²) >= 11 is 0. The maximum Gasteiger partial charge on any atom is 0.256 e. The monoisotopic (exact) mass is 298 g/mol. The second-order valence-corrected chi connectivity index (χ2v) is 6.65. The van der Waals surface area contributed by atoms with E-state index in [0.29, 0.717) is 5.56 Å². The molecule has 0 radical (unpaired) electrons. The van der Waals surface area contributed by atoms with Gasteiger partial charge in [0.2, 0.25) is 0 Å². The van der Waals surface area contributed by atoms with Gasteiger partial charge in [-0.1, -0.05) is 36.8 Å². The van der Waals surface area contributed by atoms with Crippen LogP contribution in [0.4, 0.5) is 0 Å². The number of nitrogens with zero attached hydrogens (tertiary/aromatic N) is 1. The van der Waals surface area contributed by atoms with Crippen LogP contribution < -0.4 is 11.3 Å². The highest BCUT2D eigenvalue weighted by Gasteiger charge is 2.22. The van der Waals surface area contributed by atoms with Crippen molar-refractivity contribution in [1.29, 1.82) is 0 Å². The van der Waals surface area contributed by atoms with Gasteiger partial charge in [-0.25, -0.2) is 0 Å². The molecule has 3 heteroatoms. The molecular weight excluding hydrogens is 272 g/mol. The fraction of sp³-hybridized carbons (Fsp3) is 0.421. The van der Waals surface area contributed by atoms with Gasteiger partial charge in [0.05, 0.1) is 5.69 Å². The van der Waals surface area contributed by atoms with Crippen molar-refractivity contribution >= 4 is 0 Å².